The fourth-order valence-corrected chi connectivity index (χ4v) is 2.84. The van der Waals surface area contributed by atoms with Crippen LogP contribution in [-0.2, 0) is 4.79 Å². The van der Waals surface area contributed by atoms with E-state index in [1.165, 1.54) is 6.08 Å². The summed E-state index contributed by atoms with van der Waals surface area (Å²) in [4.78, 5) is 13.1. The molecule has 5 heteroatoms. The van der Waals surface area contributed by atoms with Gasteiger partial charge in [-0.1, -0.05) is 36.4 Å². The van der Waals surface area contributed by atoms with Crippen LogP contribution in [-0.4, -0.2) is 30.0 Å². The van der Waals surface area contributed by atoms with Gasteiger partial charge in [-0.25, -0.2) is 0 Å². The van der Waals surface area contributed by atoms with Crippen molar-refractivity contribution in [3.8, 4) is 22.9 Å². The summed E-state index contributed by atoms with van der Waals surface area (Å²) in [5.74, 6) is 0.497. The Morgan fingerprint density at radius 2 is 2.08 bits per heavy atom. The van der Waals surface area contributed by atoms with Crippen LogP contribution >= 0.6 is 11.6 Å². The first-order chi connectivity index (χ1) is 11.6. The monoisotopic (exact) mass is 338 g/mol. The Kier molecular flexibility index (Phi) is 4.54. The topological polar surface area (TPSA) is 53.3 Å². The second-order valence-corrected chi connectivity index (χ2v) is 5.93. The van der Waals surface area contributed by atoms with Crippen molar-refractivity contribution < 1.29 is 9.53 Å². The second-order valence-electron chi connectivity index (χ2n) is 5.52. The fraction of sp³-hybridized carbons (Fsp3) is 0.158. The molecule has 0 N–H and O–H groups in total. The highest BCUT2D eigenvalue weighted by Crippen LogP contribution is 2.32. The molecular formula is C19H15ClN2O2. The van der Waals surface area contributed by atoms with Gasteiger partial charge in [-0.3, -0.25) is 4.79 Å². The van der Waals surface area contributed by atoms with Crippen LogP contribution in [0, 0.1) is 11.3 Å². The standard InChI is InChI=1S/C19H15ClN2O2/c1-2-19(23)22-11-16(12-22)24-15-8-13(10-21)7-14(9-15)17-5-3-4-6-18(17)20/h2-9,16H,1,11-12H2. The van der Waals surface area contributed by atoms with Crippen molar-refractivity contribution in [1.29, 1.82) is 5.26 Å². The third-order valence-corrected chi connectivity index (χ3v) is 4.19. The maximum Gasteiger partial charge on any atom is 0.246 e. The van der Waals surface area contributed by atoms with Gasteiger partial charge in [0, 0.05) is 10.6 Å². The summed E-state index contributed by atoms with van der Waals surface area (Å²) in [5.41, 5.74) is 2.17. The molecule has 1 fully saturated rings. The number of ether oxygens (including phenoxy) is 1. The second kappa shape index (κ2) is 6.77. The maximum atomic E-state index is 11.5. The molecule has 120 valence electrons. The number of hydrogen-bond donors (Lipinski definition) is 0. The van der Waals surface area contributed by atoms with Gasteiger partial charge in [0.1, 0.15) is 11.9 Å². The number of halogens is 1. The molecule has 3 rings (SSSR count). The van der Waals surface area contributed by atoms with Gasteiger partial charge >= 0.3 is 0 Å². The summed E-state index contributed by atoms with van der Waals surface area (Å²) in [7, 11) is 0. The highest BCUT2D eigenvalue weighted by atomic mass is 35.5. The number of amides is 1. The number of carbonyl (C=O) groups is 1. The Hall–Kier alpha value is -2.77. The molecule has 0 saturated carbocycles. The van der Waals surface area contributed by atoms with Gasteiger partial charge in [-0.2, -0.15) is 5.26 Å². The van der Waals surface area contributed by atoms with Crippen molar-refractivity contribution in [1.82, 2.24) is 4.90 Å². The normalized spacial score (nSPS) is 13.8. The summed E-state index contributed by atoms with van der Waals surface area (Å²) in [6.45, 7) is 4.50. The van der Waals surface area contributed by atoms with Crippen LogP contribution in [0.1, 0.15) is 5.56 Å². The number of benzene rings is 2. The molecular weight excluding hydrogens is 324 g/mol. The molecule has 1 amide bonds. The Balaban J connectivity index is 1.81. The minimum atomic E-state index is -0.0996. The van der Waals surface area contributed by atoms with Gasteiger partial charge < -0.3 is 9.64 Å². The van der Waals surface area contributed by atoms with Crippen LogP contribution < -0.4 is 4.74 Å². The number of nitriles is 1. The van der Waals surface area contributed by atoms with E-state index in [0.717, 1.165) is 11.1 Å². The van der Waals surface area contributed by atoms with Gasteiger partial charge in [0.2, 0.25) is 5.91 Å². The minimum Gasteiger partial charge on any atom is -0.487 e. The number of hydrogen-bond acceptors (Lipinski definition) is 3. The Bertz CT molecular complexity index is 836. The van der Waals surface area contributed by atoms with E-state index in [0.29, 0.717) is 29.4 Å². The largest absolute Gasteiger partial charge is 0.487 e. The van der Waals surface area contributed by atoms with Crippen LogP contribution in [0.5, 0.6) is 5.75 Å². The first-order valence-electron chi connectivity index (χ1n) is 7.49. The van der Waals surface area contributed by atoms with E-state index in [1.807, 2.05) is 24.3 Å². The first kappa shape index (κ1) is 16.1. The molecule has 2 aromatic carbocycles. The number of nitrogens with zero attached hydrogens (tertiary/aromatic N) is 2. The molecule has 0 radical (unpaired) electrons. The quantitative estimate of drug-likeness (QED) is 0.799. The van der Waals surface area contributed by atoms with Crippen LogP contribution in [0.2, 0.25) is 5.02 Å². The van der Waals surface area contributed by atoms with E-state index in [-0.39, 0.29) is 12.0 Å². The van der Waals surface area contributed by atoms with Crippen molar-refractivity contribution >= 4 is 17.5 Å². The summed E-state index contributed by atoms with van der Waals surface area (Å²) < 4.78 is 5.90. The average molecular weight is 339 g/mol. The zero-order valence-electron chi connectivity index (χ0n) is 12.9. The molecule has 24 heavy (non-hydrogen) atoms. The van der Waals surface area contributed by atoms with Crippen molar-refractivity contribution in [2.45, 2.75) is 6.10 Å². The van der Waals surface area contributed by atoms with Crippen molar-refractivity contribution in [3.05, 3.63) is 65.7 Å². The summed E-state index contributed by atoms with van der Waals surface area (Å²) in [6.07, 6.45) is 1.21. The molecule has 1 aliphatic rings. The zero-order chi connectivity index (χ0) is 17.1. The lowest BCUT2D eigenvalue weighted by Gasteiger charge is -2.38. The Morgan fingerprint density at radius 3 is 2.75 bits per heavy atom. The van der Waals surface area contributed by atoms with Gasteiger partial charge in [0.25, 0.3) is 0 Å². The lowest BCUT2D eigenvalue weighted by Crippen LogP contribution is -2.55. The highest BCUT2D eigenvalue weighted by molar-refractivity contribution is 6.33. The Morgan fingerprint density at radius 1 is 1.33 bits per heavy atom. The molecule has 1 saturated heterocycles. The summed E-state index contributed by atoms with van der Waals surface area (Å²) in [5, 5.41) is 9.87. The van der Waals surface area contributed by atoms with E-state index in [4.69, 9.17) is 16.3 Å². The SMILES string of the molecule is C=CC(=O)N1CC(Oc2cc(C#N)cc(-c3ccccc3Cl)c2)C1. The maximum absolute atomic E-state index is 11.5. The van der Waals surface area contributed by atoms with E-state index in [9.17, 15) is 10.1 Å². The number of likely N-dealkylation sites (tertiary alicyclic amines) is 1. The minimum absolute atomic E-state index is 0.0815. The molecule has 1 aliphatic heterocycles. The van der Waals surface area contributed by atoms with Gasteiger partial charge in [-0.05, 0) is 35.9 Å². The van der Waals surface area contributed by atoms with Gasteiger partial charge in [-0.15, -0.1) is 0 Å². The molecule has 0 bridgehead atoms. The summed E-state index contributed by atoms with van der Waals surface area (Å²) >= 11 is 6.24. The van der Waals surface area contributed by atoms with Crippen LogP contribution in [0.4, 0.5) is 0 Å². The van der Waals surface area contributed by atoms with Gasteiger partial charge in [0.15, 0.2) is 0 Å². The third-order valence-electron chi connectivity index (χ3n) is 3.86. The van der Waals surface area contributed by atoms with Crippen LogP contribution in [0.3, 0.4) is 0 Å². The van der Waals surface area contributed by atoms with E-state index in [2.05, 4.69) is 12.6 Å². The lowest BCUT2D eigenvalue weighted by molar-refractivity contribution is -0.134. The summed E-state index contributed by atoms with van der Waals surface area (Å²) in [6, 6.07) is 14.9. The smallest absolute Gasteiger partial charge is 0.246 e. The first-order valence-corrected chi connectivity index (χ1v) is 7.86. The van der Waals surface area contributed by atoms with Crippen LogP contribution in [0.15, 0.2) is 55.1 Å². The molecule has 1 heterocycles. The Labute approximate surface area is 145 Å². The molecule has 0 spiro atoms. The van der Waals surface area contributed by atoms with Gasteiger partial charge in [0.05, 0.1) is 24.7 Å². The zero-order valence-corrected chi connectivity index (χ0v) is 13.7. The van der Waals surface area contributed by atoms with E-state index in [1.54, 1.807) is 23.1 Å². The van der Waals surface area contributed by atoms with E-state index >= 15 is 0 Å². The average Bonchev–Trinajstić information content (AvgIpc) is 2.57. The predicted molar refractivity (Wildman–Crippen MR) is 92.8 cm³/mol. The fourth-order valence-electron chi connectivity index (χ4n) is 2.60. The van der Waals surface area contributed by atoms with Crippen molar-refractivity contribution in [2.24, 2.45) is 0 Å². The molecule has 4 nitrogen and oxygen atoms in total. The molecule has 0 atom stereocenters. The molecule has 0 unspecified atom stereocenters. The number of carbonyl (C=O) groups excluding carboxylic acids is 1. The molecule has 0 aromatic heterocycles. The van der Waals surface area contributed by atoms with Crippen LogP contribution in [0.25, 0.3) is 11.1 Å². The van der Waals surface area contributed by atoms with E-state index < -0.39 is 0 Å². The number of rotatable bonds is 4. The predicted octanol–water partition coefficient (Wildman–Crippen LogP) is 3.65. The highest BCUT2D eigenvalue weighted by Gasteiger charge is 2.31. The molecule has 2 aromatic rings. The lowest BCUT2D eigenvalue weighted by atomic mass is 10.0. The third kappa shape index (κ3) is 3.27. The molecule has 0 aliphatic carbocycles. The van der Waals surface area contributed by atoms with Crippen molar-refractivity contribution in [2.75, 3.05) is 13.1 Å². The van der Waals surface area contributed by atoms with Crippen molar-refractivity contribution in [3.63, 3.8) is 0 Å².